The van der Waals surface area contributed by atoms with E-state index in [1.807, 2.05) is 0 Å². The first-order valence-electron chi connectivity index (χ1n) is 6.96. The highest BCUT2D eigenvalue weighted by Crippen LogP contribution is 2.36. The van der Waals surface area contributed by atoms with Crippen molar-refractivity contribution in [1.82, 2.24) is 10.2 Å². The predicted molar refractivity (Wildman–Crippen MR) is 66.2 cm³/mol. The van der Waals surface area contributed by atoms with Gasteiger partial charge < -0.3 is 20.1 Å². The minimum absolute atomic E-state index is 0.0659. The van der Waals surface area contributed by atoms with E-state index in [0.29, 0.717) is 13.2 Å². The van der Waals surface area contributed by atoms with Crippen molar-refractivity contribution < 1.29 is 19.4 Å². The maximum Gasteiger partial charge on any atom is 0.246 e. The third kappa shape index (κ3) is 2.23. The number of aliphatic hydroxyl groups is 1. The van der Waals surface area contributed by atoms with Crippen LogP contribution in [-0.2, 0) is 14.3 Å². The Bertz CT molecular complexity index is 392. The number of rotatable bonds is 2. The standard InChI is InChI=1S/C13H20N2O4/c16-6-10-13(8-19-7-11(17)14-13)4-1-5-15(10)12(18)9-2-3-9/h9-10,16H,1-8H2,(H,14,17)/t10-,13+/m1/s1. The zero-order valence-electron chi connectivity index (χ0n) is 10.9. The van der Waals surface area contributed by atoms with Crippen LogP contribution in [0.2, 0.25) is 0 Å². The van der Waals surface area contributed by atoms with Crippen LogP contribution >= 0.6 is 0 Å². The number of nitrogens with one attached hydrogen (secondary N) is 1. The fourth-order valence-electron chi connectivity index (χ4n) is 3.28. The summed E-state index contributed by atoms with van der Waals surface area (Å²) >= 11 is 0. The molecule has 6 nitrogen and oxygen atoms in total. The summed E-state index contributed by atoms with van der Waals surface area (Å²) < 4.78 is 5.35. The van der Waals surface area contributed by atoms with Crippen molar-refractivity contribution in [3.63, 3.8) is 0 Å². The summed E-state index contributed by atoms with van der Waals surface area (Å²) in [5.74, 6) is 0.0905. The monoisotopic (exact) mass is 268 g/mol. The van der Waals surface area contributed by atoms with E-state index in [1.165, 1.54) is 0 Å². The summed E-state index contributed by atoms with van der Waals surface area (Å²) in [6, 6.07) is -0.362. The van der Waals surface area contributed by atoms with E-state index >= 15 is 0 Å². The van der Waals surface area contributed by atoms with Crippen molar-refractivity contribution in [2.75, 3.05) is 26.4 Å². The number of piperidine rings is 1. The highest BCUT2D eigenvalue weighted by Gasteiger charge is 2.50. The van der Waals surface area contributed by atoms with Gasteiger partial charge in [0.15, 0.2) is 0 Å². The second-order valence-electron chi connectivity index (χ2n) is 5.80. The number of likely N-dealkylation sites (tertiary alicyclic amines) is 1. The predicted octanol–water partition coefficient (Wildman–Crippen LogP) is -0.735. The van der Waals surface area contributed by atoms with Crippen molar-refractivity contribution in [3.05, 3.63) is 0 Å². The van der Waals surface area contributed by atoms with Crippen LogP contribution in [0.3, 0.4) is 0 Å². The van der Waals surface area contributed by atoms with Gasteiger partial charge in [-0.2, -0.15) is 0 Å². The molecule has 3 aliphatic rings. The molecule has 2 amide bonds. The lowest BCUT2D eigenvalue weighted by Gasteiger charge is -2.51. The molecule has 1 aliphatic carbocycles. The van der Waals surface area contributed by atoms with Gasteiger partial charge in [0.2, 0.25) is 11.8 Å². The van der Waals surface area contributed by atoms with Crippen LogP contribution in [0.15, 0.2) is 0 Å². The quantitative estimate of drug-likeness (QED) is 0.692. The Hall–Kier alpha value is -1.14. The number of ether oxygens (including phenoxy) is 1. The Morgan fingerprint density at radius 1 is 1.53 bits per heavy atom. The average Bonchev–Trinajstić information content (AvgIpc) is 3.21. The summed E-state index contributed by atoms with van der Waals surface area (Å²) in [4.78, 5) is 25.7. The Balaban J connectivity index is 1.82. The third-order valence-corrected chi connectivity index (χ3v) is 4.40. The molecule has 2 heterocycles. The molecule has 1 spiro atoms. The topological polar surface area (TPSA) is 78.9 Å². The second kappa shape index (κ2) is 4.76. The summed E-state index contributed by atoms with van der Waals surface area (Å²) in [5.41, 5.74) is -0.604. The Morgan fingerprint density at radius 3 is 2.95 bits per heavy atom. The van der Waals surface area contributed by atoms with Crippen molar-refractivity contribution in [2.24, 2.45) is 5.92 Å². The van der Waals surface area contributed by atoms with Gasteiger partial charge >= 0.3 is 0 Å². The van der Waals surface area contributed by atoms with E-state index in [2.05, 4.69) is 5.32 Å². The smallest absolute Gasteiger partial charge is 0.246 e. The zero-order valence-corrected chi connectivity index (χ0v) is 10.9. The van der Waals surface area contributed by atoms with Crippen molar-refractivity contribution in [3.8, 4) is 0 Å². The molecular formula is C13H20N2O4. The minimum Gasteiger partial charge on any atom is -0.394 e. The largest absolute Gasteiger partial charge is 0.394 e. The van der Waals surface area contributed by atoms with Gasteiger partial charge in [0.05, 0.1) is 24.8 Å². The molecule has 0 radical (unpaired) electrons. The van der Waals surface area contributed by atoms with Gasteiger partial charge in [-0.05, 0) is 25.7 Å². The Morgan fingerprint density at radius 2 is 2.32 bits per heavy atom. The van der Waals surface area contributed by atoms with Crippen LogP contribution in [-0.4, -0.2) is 59.8 Å². The molecule has 3 fully saturated rings. The number of morpholine rings is 1. The van der Waals surface area contributed by atoms with Crippen molar-refractivity contribution >= 4 is 11.8 Å². The van der Waals surface area contributed by atoms with Gasteiger partial charge in [-0.1, -0.05) is 0 Å². The zero-order chi connectivity index (χ0) is 13.5. The molecule has 2 atom stereocenters. The van der Waals surface area contributed by atoms with E-state index in [9.17, 15) is 14.7 Å². The van der Waals surface area contributed by atoms with Crippen LogP contribution in [0, 0.1) is 5.92 Å². The molecule has 2 saturated heterocycles. The summed E-state index contributed by atoms with van der Waals surface area (Å²) in [7, 11) is 0. The lowest BCUT2D eigenvalue weighted by Crippen LogP contribution is -2.71. The lowest BCUT2D eigenvalue weighted by atomic mass is 9.80. The van der Waals surface area contributed by atoms with Gasteiger partial charge in [0.25, 0.3) is 0 Å². The fourth-order valence-corrected chi connectivity index (χ4v) is 3.28. The SMILES string of the molecule is O=C1COC[C@]2(CCCN(C(=O)C3CC3)[C@@H]2CO)N1. The van der Waals surface area contributed by atoms with Crippen LogP contribution in [0.1, 0.15) is 25.7 Å². The van der Waals surface area contributed by atoms with Gasteiger partial charge in [0.1, 0.15) is 6.61 Å². The Labute approximate surface area is 112 Å². The number of amides is 2. The van der Waals surface area contributed by atoms with Crippen molar-refractivity contribution in [2.45, 2.75) is 37.3 Å². The van der Waals surface area contributed by atoms with Crippen LogP contribution in [0.25, 0.3) is 0 Å². The van der Waals surface area contributed by atoms with Gasteiger partial charge in [0, 0.05) is 12.5 Å². The van der Waals surface area contributed by atoms with E-state index in [-0.39, 0.29) is 37.0 Å². The third-order valence-electron chi connectivity index (χ3n) is 4.40. The summed E-state index contributed by atoms with van der Waals surface area (Å²) in [5, 5.41) is 12.7. The number of carbonyl (C=O) groups excluding carboxylic acids is 2. The van der Waals surface area contributed by atoms with E-state index in [0.717, 1.165) is 25.7 Å². The number of nitrogens with zero attached hydrogens (tertiary/aromatic N) is 1. The van der Waals surface area contributed by atoms with Gasteiger partial charge in [-0.15, -0.1) is 0 Å². The van der Waals surface area contributed by atoms with Crippen LogP contribution in [0.5, 0.6) is 0 Å². The summed E-state index contributed by atoms with van der Waals surface area (Å²) in [6.45, 7) is 0.967. The lowest BCUT2D eigenvalue weighted by molar-refractivity contribution is -0.153. The molecule has 0 aromatic rings. The number of hydrogen-bond acceptors (Lipinski definition) is 4. The molecule has 106 valence electrons. The highest BCUT2D eigenvalue weighted by molar-refractivity contribution is 5.82. The molecule has 0 aromatic heterocycles. The average molecular weight is 268 g/mol. The first-order chi connectivity index (χ1) is 9.16. The minimum atomic E-state index is -0.604. The first kappa shape index (κ1) is 12.9. The van der Waals surface area contributed by atoms with Crippen LogP contribution < -0.4 is 5.32 Å². The molecule has 0 unspecified atom stereocenters. The van der Waals surface area contributed by atoms with Crippen molar-refractivity contribution in [1.29, 1.82) is 0 Å². The number of carbonyl (C=O) groups is 2. The van der Waals surface area contributed by atoms with E-state index in [4.69, 9.17) is 4.74 Å². The van der Waals surface area contributed by atoms with Gasteiger partial charge in [-0.25, -0.2) is 0 Å². The normalized spacial score (nSPS) is 35.3. The fraction of sp³-hybridized carbons (Fsp3) is 0.846. The maximum atomic E-state index is 12.3. The molecule has 19 heavy (non-hydrogen) atoms. The highest BCUT2D eigenvalue weighted by atomic mass is 16.5. The molecule has 2 aliphatic heterocycles. The first-order valence-corrected chi connectivity index (χ1v) is 6.96. The molecule has 0 aromatic carbocycles. The summed E-state index contributed by atoms with van der Waals surface area (Å²) in [6.07, 6.45) is 3.48. The molecule has 2 N–H and O–H groups in total. The maximum absolute atomic E-state index is 12.3. The second-order valence-corrected chi connectivity index (χ2v) is 5.80. The molecule has 6 heteroatoms. The van der Waals surface area contributed by atoms with E-state index < -0.39 is 5.54 Å². The van der Waals surface area contributed by atoms with Crippen LogP contribution in [0.4, 0.5) is 0 Å². The molecule has 0 bridgehead atoms. The molecule has 3 rings (SSSR count). The molecule has 1 saturated carbocycles. The van der Waals surface area contributed by atoms with E-state index in [1.54, 1.807) is 4.90 Å². The Kier molecular flexibility index (Phi) is 3.22. The molecular weight excluding hydrogens is 248 g/mol. The van der Waals surface area contributed by atoms with Gasteiger partial charge in [-0.3, -0.25) is 9.59 Å². The number of aliphatic hydroxyl groups excluding tert-OH is 1. The number of hydrogen-bond donors (Lipinski definition) is 2.